The van der Waals surface area contributed by atoms with Crippen LogP contribution in [-0.4, -0.2) is 21.9 Å². The topological polar surface area (TPSA) is 104 Å². The van der Waals surface area contributed by atoms with Crippen LogP contribution in [0.1, 0.15) is 26.5 Å². The minimum absolute atomic E-state index is 0.179. The highest BCUT2D eigenvalue weighted by Gasteiger charge is 2.16. The third-order valence-corrected chi connectivity index (χ3v) is 4.37. The van der Waals surface area contributed by atoms with Crippen molar-refractivity contribution in [1.29, 1.82) is 0 Å². The Balaban J connectivity index is 1.48. The van der Waals surface area contributed by atoms with Gasteiger partial charge in [-0.05, 0) is 35.9 Å². The van der Waals surface area contributed by atoms with Gasteiger partial charge in [-0.3, -0.25) is 14.6 Å². The molecule has 2 heterocycles. The molecular weight excluding hydrogens is 370 g/mol. The molecule has 0 saturated heterocycles. The number of aromatic nitrogens is 1. The van der Waals surface area contributed by atoms with Gasteiger partial charge in [0.05, 0.1) is 23.5 Å². The molecule has 3 N–H and O–H groups in total. The predicted molar refractivity (Wildman–Crippen MR) is 108 cm³/mol. The minimum atomic E-state index is -0.411. The number of nitrogens with one attached hydrogen (secondary N) is 2. The van der Waals surface area contributed by atoms with E-state index in [4.69, 9.17) is 4.42 Å². The first-order valence-electron chi connectivity index (χ1n) is 8.90. The fourth-order valence-corrected chi connectivity index (χ4v) is 3.00. The van der Waals surface area contributed by atoms with Crippen LogP contribution in [0.4, 0.5) is 5.69 Å². The van der Waals surface area contributed by atoms with E-state index in [0.717, 1.165) is 5.56 Å². The first-order chi connectivity index (χ1) is 14.1. The summed E-state index contributed by atoms with van der Waals surface area (Å²) in [7, 11) is 0. The zero-order valence-electron chi connectivity index (χ0n) is 15.3. The van der Waals surface area contributed by atoms with Gasteiger partial charge in [0.25, 0.3) is 11.8 Å². The number of carbonyl (C=O) groups is 2. The van der Waals surface area contributed by atoms with Crippen molar-refractivity contribution in [3.8, 4) is 5.75 Å². The molecule has 144 valence electrons. The van der Waals surface area contributed by atoms with Gasteiger partial charge in [-0.2, -0.15) is 0 Å². The van der Waals surface area contributed by atoms with Gasteiger partial charge < -0.3 is 20.2 Å². The molecule has 0 saturated carbocycles. The number of amides is 2. The second-order valence-electron chi connectivity index (χ2n) is 6.35. The quantitative estimate of drug-likeness (QED) is 0.484. The van der Waals surface area contributed by atoms with Crippen molar-refractivity contribution in [1.82, 2.24) is 10.3 Å². The van der Waals surface area contributed by atoms with Gasteiger partial charge >= 0.3 is 0 Å². The molecule has 4 rings (SSSR count). The van der Waals surface area contributed by atoms with Crippen molar-refractivity contribution >= 4 is 28.4 Å². The van der Waals surface area contributed by atoms with Gasteiger partial charge in [-0.15, -0.1) is 0 Å². The first-order valence-corrected chi connectivity index (χ1v) is 8.90. The molecule has 0 fully saturated rings. The maximum Gasteiger partial charge on any atom is 0.291 e. The van der Waals surface area contributed by atoms with Gasteiger partial charge in [0, 0.05) is 17.6 Å². The normalized spacial score (nSPS) is 10.6. The van der Waals surface area contributed by atoms with Crippen LogP contribution in [0.5, 0.6) is 5.75 Å². The molecule has 0 radical (unpaired) electrons. The van der Waals surface area contributed by atoms with Crippen LogP contribution in [0.15, 0.2) is 77.5 Å². The zero-order chi connectivity index (χ0) is 20.2. The highest BCUT2D eigenvalue weighted by Crippen LogP contribution is 2.25. The van der Waals surface area contributed by atoms with Crippen LogP contribution in [0.3, 0.4) is 0 Å². The molecule has 2 aromatic heterocycles. The number of nitrogens with zero attached hydrogens (tertiary/aromatic N) is 1. The summed E-state index contributed by atoms with van der Waals surface area (Å²) in [5.41, 5.74) is 2.17. The molecular formula is C22H17N3O4. The van der Waals surface area contributed by atoms with Gasteiger partial charge in [0.15, 0.2) is 5.76 Å². The van der Waals surface area contributed by atoms with E-state index < -0.39 is 5.91 Å². The van der Waals surface area contributed by atoms with E-state index >= 15 is 0 Å². The lowest BCUT2D eigenvalue weighted by Gasteiger charge is -2.10. The third kappa shape index (κ3) is 3.93. The van der Waals surface area contributed by atoms with E-state index in [1.54, 1.807) is 48.5 Å². The predicted octanol–water partition coefficient (Wildman–Crippen LogP) is 3.72. The lowest BCUT2D eigenvalue weighted by atomic mass is 10.1. The lowest BCUT2D eigenvalue weighted by molar-refractivity contribution is 0.0948. The molecule has 29 heavy (non-hydrogen) atoms. The summed E-state index contributed by atoms with van der Waals surface area (Å²) < 4.78 is 5.07. The standard InChI is InChI=1S/C22H17N3O4/c26-18-13-23-17-8-2-1-7-16(17)20(18)22(28)24-12-14-5-3-6-15(11-14)25-21(27)19-9-4-10-29-19/h1-11,13,26H,12H2,(H,24,28)(H,25,27). The number of rotatable bonds is 5. The lowest BCUT2D eigenvalue weighted by Crippen LogP contribution is -2.23. The molecule has 0 aliphatic rings. The Morgan fingerprint density at radius 3 is 2.69 bits per heavy atom. The summed E-state index contributed by atoms with van der Waals surface area (Å²) in [6.07, 6.45) is 2.70. The Morgan fingerprint density at radius 1 is 1.00 bits per heavy atom. The summed E-state index contributed by atoms with van der Waals surface area (Å²) in [5.74, 6) is -0.736. The van der Waals surface area contributed by atoms with Crippen LogP contribution < -0.4 is 10.6 Å². The van der Waals surface area contributed by atoms with E-state index in [2.05, 4.69) is 15.6 Å². The fraction of sp³-hybridized carbons (Fsp3) is 0.0455. The van der Waals surface area contributed by atoms with Crippen LogP contribution in [0.2, 0.25) is 0 Å². The average Bonchev–Trinajstić information content (AvgIpc) is 3.27. The second kappa shape index (κ2) is 7.85. The summed E-state index contributed by atoms with van der Waals surface area (Å²) >= 11 is 0. The van der Waals surface area contributed by atoms with Crippen molar-refractivity contribution in [3.63, 3.8) is 0 Å². The van der Waals surface area contributed by atoms with Crippen molar-refractivity contribution < 1.29 is 19.1 Å². The van der Waals surface area contributed by atoms with Gasteiger partial charge in [0.1, 0.15) is 5.75 Å². The summed E-state index contributed by atoms with van der Waals surface area (Å²) in [6, 6.07) is 17.4. The number of para-hydroxylation sites is 1. The Morgan fingerprint density at radius 2 is 1.86 bits per heavy atom. The number of fused-ring (bicyclic) bond motifs is 1. The van der Waals surface area contributed by atoms with Crippen LogP contribution in [0.25, 0.3) is 10.9 Å². The Hall–Kier alpha value is -4.13. The molecule has 2 amide bonds. The first kappa shape index (κ1) is 18.2. The number of carbonyl (C=O) groups excluding carboxylic acids is 2. The monoisotopic (exact) mass is 387 g/mol. The maximum atomic E-state index is 12.7. The molecule has 7 heteroatoms. The van der Waals surface area contributed by atoms with Crippen molar-refractivity contribution in [2.24, 2.45) is 0 Å². The van der Waals surface area contributed by atoms with E-state index in [0.29, 0.717) is 16.6 Å². The van der Waals surface area contributed by atoms with Gasteiger partial charge in [0.2, 0.25) is 0 Å². The number of aromatic hydroxyl groups is 1. The Bertz CT molecular complexity index is 1190. The van der Waals surface area contributed by atoms with Crippen LogP contribution in [-0.2, 0) is 6.54 Å². The Labute approximate surface area is 166 Å². The molecule has 0 spiro atoms. The molecule has 7 nitrogen and oxygen atoms in total. The Kier molecular flexibility index (Phi) is 4.94. The molecule has 0 atom stereocenters. The summed E-state index contributed by atoms with van der Waals surface area (Å²) in [4.78, 5) is 28.9. The molecule has 0 aliphatic carbocycles. The van der Waals surface area contributed by atoms with E-state index in [1.165, 1.54) is 12.5 Å². The number of pyridine rings is 1. The van der Waals surface area contributed by atoms with E-state index in [9.17, 15) is 14.7 Å². The SMILES string of the molecule is O=C(Nc1cccc(CNC(=O)c2c(O)cnc3ccccc23)c1)c1ccco1. The van der Waals surface area contributed by atoms with Crippen molar-refractivity contribution in [2.75, 3.05) is 5.32 Å². The number of anilines is 1. The number of hydrogen-bond acceptors (Lipinski definition) is 5. The smallest absolute Gasteiger partial charge is 0.291 e. The van der Waals surface area contributed by atoms with Gasteiger partial charge in [-0.25, -0.2) is 0 Å². The number of furan rings is 1. The molecule has 0 bridgehead atoms. The molecule has 4 aromatic rings. The second-order valence-corrected chi connectivity index (χ2v) is 6.35. The molecule has 0 aliphatic heterocycles. The third-order valence-electron chi connectivity index (χ3n) is 4.37. The molecule has 2 aromatic carbocycles. The van der Waals surface area contributed by atoms with Gasteiger partial charge in [-0.1, -0.05) is 30.3 Å². The highest BCUT2D eigenvalue weighted by atomic mass is 16.3. The van der Waals surface area contributed by atoms with E-state index in [1.807, 2.05) is 12.1 Å². The molecule has 0 unspecified atom stereocenters. The number of benzene rings is 2. The largest absolute Gasteiger partial charge is 0.505 e. The van der Waals surface area contributed by atoms with Crippen LogP contribution >= 0.6 is 0 Å². The summed E-state index contributed by atoms with van der Waals surface area (Å²) in [5, 5.41) is 16.2. The van der Waals surface area contributed by atoms with Crippen molar-refractivity contribution in [3.05, 3.63) is 90.0 Å². The van der Waals surface area contributed by atoms with Crippen molar-refractivity contribution in [2.45, 2.75) is 6.54 Å². The van der Waals surface area contributed by atoms with Crippen LogP contribution in [0, 0.1) is 0 Å². The summed E-state index contributed by atoms with van der Waals surface area (Å²) in [6.45, 7) is 0.222. The fourth-order valence-electron chi connectivity index (χ4n) is 3.00. The van der Waals surface area contributed by atoms with E-state index in [-0.39, 0.29) is 29.5 Å². The minimum Gasteiger partial charge on any atom is -0.505 e. The maximum absolute atomic E-state index is 12.7. The zero-order valence-corrected chi connectivity index (χ0v) is 15.3. The highest BCUT2D eigenvalue weighted by molar-refractivity contribution is 6.08. The number of hydrogen-bond donors (Lipinski definition) is 3. The average molecular weight is 387 g/mol.